The highest BCUT2D eigenvalue weighted by Gasteiger charge is 2.32. The molecule has 0 radical (unpaired) electrons. The van der Waals surface area contributed by atoms with Crippen molar-refractivity contribution >= 4 is 17.5 Å². The fourth-order valence-corrected chi connectivity index (χ4v) is 2.75. The fraction of sp³-hybridized carbons (Fsp3) is 0.688. The SMILES string of the molecule is CCOC(=O)C(C1=NC(N2CCOCC2)=CC(=O)C1)C(C)C. The highest BCUT2D eigenvalue weighted by molar-refractivity contribution is 6.15. The van der Waals surface area contributed by atoms with E-state index >= 15 is 0 Å². The molecule has 0 spiro atoms. The first-order valence-electron chi connectivity index (χ1n) is 7.84. The van der Waals surface area contributed by atoms with Crippen molar-refractivity contribution < 1.29 is 19.1 Å². The van der Waals surface area contributed by atoms with E-state index in [2.05, 4.69) is 4.99 Å². The second-order valence-electron chi connectivity index (χ2n) is 5.82. The van der Waals surface area contributed by atoms with E-state index in [9.17, 15) is 9.59 Å². The Balaban J connectivity index is 2.23. The molecule has 0 saturated carbocycles. The van der Waals surface area contributed by atoms with Crippen LogP contribution in [0.15, 0.2) is 16.9 Å². The summed E-state index contributed by atoms with van der Waals surface area (Å²) < 4.78 is 10.5. The Morgan fingerprint density at radius 1 is 1.41 bits per heavy atom. The van der Waals surface area contributed by atoms with Gasteiger partial charge in [-0.2, -0.15) is 0 Å². The third-order valence-corrected chi connectivity index (χ3v) is 3.80. The van der Waals surface area contributed by atoms with Crippen LogP contribution in [-0.2, 0) is 19.1 Å². The predicted molar refractivity (Wildman–Crippen MR) is 82.5 cm³/mol. The third-order valence-electron chi connectivity index (χ3n) is 3.80. The number of aliphatic imine (C=N–C) groups is 1. The Bertz CT molecular complexity index is 490. The third kappa shape index (κ3) is 3.94. The minimum Gasteiger partial charge on any atom is -0.465 e. The van der Waals surface area contributed by atoms with Crippen LogP contribution >= 0.6 is 0 Å². The van der Waals surface area contributed by atoms with Gasteiger partial charge in [0.1, 0.15) is 5.82 Å². The number of morpholine rings is 1. The zero-order chi connectivity index (χ0) is 16.1. The number of hydrogen-bond donors (Lipinski definition) is 0. The number of carbonyl (C=O) groups is 2. The Morgan fingerprint density at radius 3 is 2.68 bits per heavy atom. The number of hydrogen-bond acceptors (Lipinski definition) is 6. The molecule has 0 aliphatic carbocycles. The summed E-state index contributed by atoms with van der Waals surface area (Å²) in [7, 11) is 0. The van der Waals surface area contributed by atoms with E-state index in [4.69, 9.17) is 9.47 Å². The molecule has 2 aliphatic rings. The molecule has 0 amide bonds. The quantitative estimate of drug-likeness (QED) is 0.718. The number of carbonyl (C=O) groups excluding carboxylic acids is 2. The molecule has 0 aromatic rings. The van der Waals surface area contributed by atoms with E-state index in [1.807, 2.05) is 18.7 Å². The Morgan fingerprint density at radius 2 is 2.09 bits per heavy atom. The number of nitrogens with zero attached hydrogens (tertiary/aromatic N) is 2. The smallest absolute Gasteiger partial charge is 0.314 e. The molecule has 0 aromatic carbocycles. The molecular weight excluding hydrogens is 284 g/mol. The lowest BCUT2D eigenvalue weighted by Crippen LogP contribution is -2.38. The maximum absolute atomic E-state index is 12.2. The van der Waals surface area contributed by atoms with Crippen LogP contribution in [0.2, 0.25) is 0 Å². The van der Waals surface area contributed by atoms with Crippen molar-refractivity contribution in [3.63, 3.8) is 0 Å². The summed E-state index contributed by atoms with van der Waals surface area (Å²) in [5.41, 5.74) is 0.613. The van der Waals surface area contributed by atoms with E-state index in [-0.39, 0.29) is 24.1 Å². The van der Waals surface area contributed by atoms with Crippen LogP contribution in [0.4, 0.5) is 0 Å². The minimum absolute atomic E-state index is 0.0126. The molecule has 122 valence electrons. The molecule has 1 atom stereocenters. The first-order chi connectivity index (χ1) is 10.5. The van der Waals surface area contributed by atoms with Crippen molar-refractivity contribution in [1.29, 1.82) is 0 Å². The number of ketones is 1. The maximum Gasteiger partial charge on any atom is 0.314 e. The monoisotopic (exact) mass is 308 g/mol. The van der Waals surface area contributed by atoms with Crippen LogP contribution in [0.3, 0.4) is 0 Å². The van der Waals surface area contributed by atoms with Crippen LogP contribution in [0.25, 0.3) is 0 Å². The van der Waals surface area contributed by atoms with Gasteiger partial charge in [0.25, 0.3) is 0 Å². The first-order valence-corrected chi connectivity index (χ1v) is 7.84. The van der Waals surface area contributed by atoms with E-state index in [0.717, 1.165) is 0 Å². The highest BCUT2D eigenvalue weighted by Crippen LogP contribution is 2.23. The molecule has 1 fully saturated rings. The van der Waals surface area contributed by atoms with Gasteiger partial charge in [0.2, 0.25) is 0 Å². The minimum atomic E-state index is -0.464. The van der Waals surface area contributed by atoms with Gasteiger partial charge in [-0.25, -0.2) is 4.99 Å². The van der Waals surface area contributed by atoms with Crippen LogP contribution in [0.1, 0.15) is 27.2 Å². The largest absolute Gasteiger partial charge is 0.465 e. The normalized spacial score (nSPS) is 20.5. The second kappa shape index (κ2) is 7.54. The molecule has 0 bridgehead atoms. The number of esters is 1. The standard InChI is InChI=1S/C16H24N2O4/c1-4-22-16(20)15(11(2)3)13-9-12(19)10-14(17-13)18-5-7-21-8-6-18/h10-11,15H,4-9H2,1-3H3. The van der Waals surface area contributed by atoms with Gasteiger partial charge in [-0.1, -0.05) is 13.8 Å². The molecule has 2 aliphatic heterocycles. The summed E-state index contributed by atoms with van der Waals surface area (Å²) in [6.07, 6.45) is 1.76. The summed E-state index contributed by atoms with van der Waals surface area (Å²) in [5.74, 6) is -0.0958. The lowest BCUT2D eigenvalue weighted by molar-refractivity contribution is -0.146. The Kier molecular flexibility index (Phi) is 5.71. The van der Waals surface area contributed by atoms with Crippen molar-refractivity contribution in [3.8, 4) is 0 Å². The Labute approximate surface area is 131 Å². The molecule has 0 aromatic heterocycles. The summed E-state index contributed by atoms with van der Waals surface area (Å²) in [6, 6.07) is 0. The van der Waals surface area contributed by atoms with Crippen LogP contribution in [0.5, 0.6) is 0 Å². The summed E-state index contributed by atoms with van der Waals surface area (Å²) in [6.45, 7) is 8.67. The molecule has 2 rings (SSSR count). The van der Waals surface area contributed by atoms with Crippen molar-refractivity contribution in [3.05, 3.63) is 11.9 Å². The molecule has 6 heteroatoms. The average Bonchev–Trinajstić information content (AvgIpc) is 2.47. The summed E-state index contributed by atoms with van der Waals surface area (Å²) in [4.78, 5) is 30.9. The van der Waals surface area contributed by atoms with E-state index in [0.29, 0.717) is 44.4 Å². The van der Waals surface area contributed by atoms with Gasteiger partial charge in [0.15, 0.2) is 5.78 Å². The molecule has 0 N–H and O–H groups in total. The predicted octanol–water partition coefficient (Wildman–Crippen LogP) is 1.41. The van der Waals surface area contributed by atoms with Crippen molar-refractivity contribution in [1.82, 2.24) is 4.90 Å². The Hall–Kier alpha value is -1.69. The van der Waals surface area contributed by atoms with E-state index < -0.39 is 5.92 Å². The average molecular weight is 308 g/mol. The summed E-state index contributed by atoms with van der Waals surface area (Å²) >= 11 is 0. The van der Waals surface area contributed by atoms with Gasteiger partial charge in [0.05, 0.1) is 25.7 Å². The van der Waals surface area contributed by atoms with E-state index in [1.165, 1.54) is 0 Å². The van der Waals surface area contributed by atoms with Gasteiger partial charge < -0.3 is 14.4 Å². The highest BCUT2D eigenvalue weighted by atomic mass is 16.5. The van der Waals surface area contributed by atoms with Gasteiger partial charge in [0, 0.05) is 31.3 Å². The zero-order valence-electron chi connectivity index (χ0n) is 13.5. The second-order valence-corrected chi connectivity index (χ2v) is 5.82. The van der Waals surface area contributed by atoms with E-state index in [1.54, 1.807) is 13.0 Å². The fourth-order valence-electron chi connectivity index (χ4n) is 2.75. The molecule has 22 heavy (non-hydrogen) atoms. The van der Waals surface area contributed by atoms with Crippen molar-refractivity contribution in [2.24, 2.45) is 16.8 Å². The zero-order valence-corrected chi connectivity index (χ0v) is 13.5. The van der Waals surface area contributed by atoms with Gasteiger partial charge in [-0.05, 0) is 12.8 Å². The van der Waals surface area contributed by atoms with Crippen LogP contribution < -0.4 is 0 Å². The molecule has 6 nitrogen and oxygen atoms in total. The van der Waals surface area contributed by atoms with Crippen LogP contribution in [0, 0.1) is 11.8 Å². The summed E-state index contributed by atoms with van der Waals surface area (Å²) in [5, 5.41) is 0. The first kappa shape index (κ1) is 16.7. The van der Waals surface area contributed by atoms with Crippen LogP contribution in [-0.4, -0.2) is 55.3 Å². The lowest BCUT2D eigenvalue weighted by Gasteiger charge is -2.31. The van der Waals surface area contributed by atoms with Crippen molar-refractivity contribution in [2.45, 2.75) is 27.2 Å². The number of allylic oxidation sites excluding steroid dienone is 1. The van der Waals surface area contributed by atoms with Gasteiger partial charge in [-0.3, -0.25) is 9.59 Å². The van der Waals surface area contributed by atoms with Crippen molar-refractivity contribution in [2.75, 3.05) is 32.9 Å². The molecule has 2 heterocycles. The topological polar surface area (TPSA) is 68.2 Å². The van der Waals surface area contributed by atoms with Gasteiger partial charge >= 0.3 is 5.97 Å². The number of ether oxygens (including phenoxy) is 2. The van der Waals surface area contributed by atoms with Gasteiger partial charge in [-0.15, -0.1) is 0 Å². The molecular formula is C16H24N2O4. The molecule has 1 saturated heterocycles. The lowest BCUT2D eigenvalue weighted by atomic mass is 9.87. The maximum atomic E-state index is 12.2. The molecule has 1 unspecified atom stereocenters. The number of rotatable bonds is 5.